The first-order valence-corrected chi connectivity index (χ1v) is 13.1. The number of nitrogens with zero attached hydrogens (tertiary/aromatic N) is 3. The van der Waals surface area contributed by atoms with Gasteiger partial charge in [-0.15, -0.1) is 0 Å². The van der Waals surface area contributed by atoms with Gasteiger partial charge in [-0.25, -0.2) is 4.68 Å². The molecule has 2 aliphatic heterocycles. The standard InChI is InChI=1S/C27H27N3O3S2/c1-2-14-32-22-12-10-19(11-13-22)25-20(17-30(28-25)21-7-4-3-5-8-21)16-24-26(31)29(27(34)35-24)18-23-9-6-15-33-23/h3-5,7-8,10-13,16-17,23H,2,6,9,14-15,18H2,1H3/b24-16-. The fraction of sp³-hybridized carbons (Fsp3) is 0.296. The Labute approximate surface area is 214 Å². The van der Waals surface area contributed by atoms with E-state index in [0.29, 0.717) is 22.4 Å². The van der Waals surface area contributed by atoms with Crippen molar-refractivity contribution in [2.45, 2.75) is 32.3 Å². The molecule has 1 amide bonds. The molecule has 8 heteroatoms. The molecule has 0 spiro atoms. The Bertz CT molecular complexity index is 1230. The Morgan fingerprint density at radius 3 is 2.71 bits per heavy atom. The molecule has 0 aliphatic carbocycles. The lowest BCUT2D eigenvalue weighted by Gasteiger charge is -2.18. The van der Waals surface area contributed by atoms with Crippen molar-refractivity contribution < 1.29 is 14.3 Å². The molecule has 0 bridgehead atoms. The largest absolute Gasteiger partial charge is 0.494 e. The second-order valence-corrected chi connectivity index (χ2v) is 10.2. The van der Waals surface area contributed by atoms with Crippen molar-refractivity contribution >= 4 is 40.3 Å². The number of thiocarbonyl (C=S) groups is 1. The summed E-state index contributed by atoms with van der Waals surface area (Å²) >= 11 is 6.88. The van der Waals surface area contributed by atoms with Gasteiger partial charge in [0.25, 0.3) is 5.91 Å². The number of ether oxygens (including phenoxy) is 2. The topological polar surface area (TPSA) is 56.6 Å². The molecule has 0 N–H and O–H groups in total. The fourth-order valence-electron chi connectivity index (χ4n) is 4.15. The number of hydrogen-bond donors (Lipinski definition) is 0. The van der Waals surface area contributed by atoms with Gasteiger partial charge in [-0.3, -0.25) is 9.69 Å². The lowest BCUT2D eigenvalue weighted by molar-refractivity contribution is -0.123. The number of hydrogen-bond acceptors (Lipinski definition) is 6. The van der Waals surface area contributed by atoms with Gasteiger partial charge in [0, 0.05) is 23.9 Å². The van der Waals surface area contributed by atoms with Gasteiger partial charge in [0.2, 0.25) is 0 Å². The quantitative estimate of drug-likeness (QED) is 0.289. The van der Waals surface area contributed by atoms with E-state index in [1.165, 1.54) is 11.8 Å². The summed E-state index contributed by atoms with van der Waals surface area (Å²) in [5.41, 5.74) is 3.54. The summed E-state index contributed by atoms with van der Waals surface area (Å²) in [6, 6.07) is 17.9. The van der Waals surface area contributed by atoms with Gasteiger partial charge in [-0.1, -0.05) is 49.1 Å². The fourth-order valence-corrected chi connectivity index (χ4v) is 5.42. The lowest BCUT2D eigenvalue weighted by Crippen LogP contribution is -2.35. The zero-order chi connectivity index (χ0) is 24.2. The molecule has 1 aromatic heterocycles. The van der Waals surface area contributed by atoms with E-state index in [4.69, 9.17) is 26.8 Å². The Morgan fingerprint density at radius 1 is 1.20 bits per heavy atom. The maximum Gasteiger partial charge on any atom is 0.266 e. The molecule has 180 valence electrons. The van der Waals surface area contributed by atoms with Gasteiger partial charge in [0.05, 0.1) is 35.5 Å². The van der Waals surface area contributed by atoms with Gasteiger partial charge in [-0.2, -0.15) is 5.10 Å². The maximum atomic E-state index is 13.2. The minimum Gasteiger partial charge on any atom is -0.494 e. The highest BCUT2D eigenvalue weighted by molar-refractivity contribution is 8.26. The van der Waals surface area contributed by atoms with E-state index in [9.17, 15) is 4.79 Å². The molecule has 6 nitrogen and oxygen atoms in total. The van der Waals surface area contributed by atoms with Crippen LogP contribution in [0.15, 0.2) is 65.7 Å². The normalized spacial score (nSPS) is 19.2. The molecule has 3 aromatic rings. The second kappa shape index (κ2) is 10.8. The summed E-state index contributed by atoms with van der Waals surface area (Å²) in [6.45, 7) is 4.03. The maximum absolute atomic E-state index is 13.2. The third kappa shape index (κ3) is 5.34. The first kappa shape index (κ1) is 23.8. The van der Waals surface area contributed by atoms with Crippen LogP contribution in [0.4, 0.5) is 0 Å². The predicted molar refractivity (Wildman–Crippen MR) is 144 cm³/mol. The van der Waals surface area contributed by atoms with Gasteiger partial charge in [-0.05, 0) is 61.7 Å². The van der Waals surface area contributed by atoms with Gasteiger partial charge >= 0.3 is 0 Å². The van der Waals surface area contributed by atoms with Crippen LogP contribution < -0.4 is 4.74 Å². The molecule has 2 fully saturated rings. The number of amides is 1. The molecule has 35 heavy (non-hydrogen) atoms. The Kier molecular flexibility index (Phi) is 7.32. The summed E-state index contributed by atoms with van der Waals surface area (Å²) < 4.78 is 13.9. The average molecular weight is 506 g/mol. The summed E-state index contributed by atoms with van der Waals surface area (Å²) in [5, 5.41) is 4.88. The number of para-hydroxylation sites is 1. The van der Waals surface area contributed by atoms with Crippen LogP contribution in [0, 0.1) is 0 Å². The van der Waals surface area contributed by atoms with Crippen LogP contribution in [0.1, 0.15) is 31.7 Å². The van der Waals surface area contributed by atoms with Crippen LogP contribution in [0.25, 0.3) is 23.0 Å². The van der Waals surface area contributed by atoms with Gasteiger partial charge in [0.15, 0.2) is 0 Å². The van der Waals surface area contributed by atoms with Crippen molar-refractivity contribution in [2.75, 3.05) is 19.8 Å². The Hall–Kier alpha value is -2.94. The zero-order valence-electron chi connectivity index (χ0n) is 19.6. The van der Waals surface area contributed by atoms with Crippen molar-refractivity contribution in [3.8, 4) is 22.7 Å². The first-order chi connectivity index (χ1) is 17.1. The average Bonchev–Trinajstić information content (AvgIpc) is 3.61. The summed E-state index contributed by atoms with van der Waals surface area (Å²) in [5.74, 6) is 0.756. The smallest absolute Gasteiger partial charge is 0.266 e. The summed E-state index contributed by atoms with van der Waals surface area (Å²) in [6.07, 6.45) is 6.86. The van der Waals surface area contributed by atoms with E-state index in [1.54, 1.807) is 4.90 Å². The van der Waals surface area contributed by atoms with E-state index in [-0.39, 0.29) is 12.0 Å². The van der Waals surface area contributed by atoms with E-state index in [0.717, 1.165) is 54.1 Å². The highest BCUT2D eigenvalue weighted by Gasteiger charge is 2.35. The van der Waals surface area contributed by atoms with Crippen LogP contribution in [-0.2, 0) is 9.53 Å². The van der Waals surface area contributed by atoms with Gasteiger partial charge < -0.3 is 9.47 Å². The van der Waals surface area contributed by atoms with Crippen LogP contribution in [0.3, 0.4) is 0 Å². The predicted octanol–water partition coefficient (Wildman–Crippen LogP) is 5.71. The van der Waals surface area contributed by atoms with Crippen molar-refractivity contribution in [2.24, 2.45) is 0 Å². The third-order valence-corrected chi connectivity index (χ3v) is 7.31. The van der Waals surface area contributed by atoms with E-state index >= 15 is 0 Å². The summed E-state index contributed by atoms with van der Waals surface area (Å²) in [4.78, 5) is 15.5. The van der Waals surface area contributed by atoms with E-state index in [1.807, 2.05) is 71.6 Å². The number of aromatic nitrogens is 2. The molecule has 1 atom stereocenters. The summed E-state index contributed by atoms with van der Waals surface area (Å²) in [7, 11) is 0. The molecule has 3 heterocycles. The van der Waals surface area contributed by atoms with Crippen LogP contribution in [0.2, 0.25) is 0 Å². The number of carbonyl (C=O) groups excluding carboxylic acids is 1. The van der Waals surface area contributed by atoms with Crippen molar-refractivity contribution in [1.82, 2.24) is 14.7 Å². The van der Waals surface area contributed by atoms with Crippen LogP contribution >= 0.6 is 24.0 Å². The number of benzene rings is 2. The molecule has 2 aromatic carbocycles. The monoisotopic (exact) mass is 505 g/mol. The number of rotatable bonds is 8. The van der Waals surface area contributed by atoms with Crippen LogP contribution in [-0.4, -0.2) is 50.8 Å². The molecule has 0 saturated carbocycles. The van der Waals surface area contributed by atoms with E-state index < -0.39 is 0 Å². The van der Waals surface area contributed by atoms with Crippen molar-refractivity contribution in [1.29, 1.82) is 0 Å². The molecule has 5 rings (SSSR count). The van der Waals surface area contributed by atoms with Crippen molar-refractivity contribution in [3.05, 3.63) is 71.3 Å². The third-order valence-electron chi connectivity index (χ3n) is 5.93. The zero-order valence-corrected chi connectivity index (χ0v) is 21.2. The highest BCUT2D eigenvalue weighted by Crippen LogP contribution is 2.36. The number of carbonyl (C=O) groups is 1. The minimum absolute atomic E-state index is 0.0571. The Balaban J connectivity index is 1.47. The molecule has 0 radical (unpaired) electrons. The lowest BCUT2D eigenvalue weighted by atomic mass is 10.1. The number of thioether (sulfide) groups is 1. The van der Waals surface area contributed by atoms with Gasteiger partial charge in [0.1, 0.15) is 10.1 Å². The first-order valence-electron chi connectivity index (χ1n) is 11.9. The molecule has 1 unspecified atom stereocenters. The molecular weight excluding hydrogens is 478 g/mol. The SMILES string of the molecule is CCCOc1ccc(-c2nn(-c3ccccc3)cc2/C=C2\SC(=S)N(CC3CCCO3)C2=O)cc1. The Morgan fingerprint density at radius 2 is 2.00 bits per heavy atom. The highest BCUT2D eigenvalue weighted by atomic mass is 32.2. The molecular formula is C27H27N3O3S2. The van der Waals surface area contributed by atoms with Crippen LogP contribution in [0.5, 0.6) is 5.75 Å². The minimum atomic E-state index is -0.0720. The molecule has 2 aliphatic rings. The van der Waals surface area contributed by atoms with E-state index in [2.05, 4.69) is 6.92 Å². The molecule has 2 saturated heterocycles. The second-order valence-electron chi connectivity index (χ2n) is 8.51. The van der Waals surface area contributed by atoms with Crippen molar-refractivity contribution in [3.63, 3.8) is 0 Å².